The molecule has 1 aromatic rings. The Kier molecular flexibility index (Phi) is 29.5. The molecule has 0 aliphatic carbocycles. The van der Waals surface area contributed by atoms with Crippen LogP contribution in [0.1, 0.15) is 113 Å². The van der Waals surface area contributed by atoms with Crippen molar-refractivity contribution in [2.45, 2.75) is 174 Å². The zero-order valence-electron chi connectivity index (χ0n) is 45.3. The number of carboxylic acids is 3. The maximum absolute atomic E-state index is 14.2. The summed E-state index contributed by atoms with van der Waals surface area (Å²) in [4.78, 5) is 149. The summed E-state index contributed by atoms with van der Waals surface area (Å²) in [6.45, 7) is 14.1. The zero-order chi connectivity index (χ0) is 58.9. The van der Waals surface area contributed by atoms with Gasteiger partial charge in [-0.1, -0.05) is 85.7 Å². The van der Waals surface area contributed by atoms with E-state index in [0.717, 1.165) is 0 Å². The third kappa shape index (κ3) is 25.3. The minimum Gasteiger partial charge on any atom is -0.481 e. The number of nitrogens with two attached hydrogens (primary N) is 3. The van der Waals surface area contributed by atoms with E-state index in [-0.39, 0.29) is 50.5 Å². The van der Waals surface area contributed by atoms with Gasteiger partial charge in [-0.25, -0.2) is 4.79 Å². The molecule has 0 aliphatic heterocycles. The summed E-state index contributed by atoms with van der Waals surface area (Å²) in [6.07, 6.45) is -3.55. The molecule has 27 nitrogen and oxygen atoms in total. The van der Waals surface area contributed by atoms with Gasteiger partial charge in [0, 0.05) is 25.8 Å². The second-order valence-corrected chi connectivity index (χ2v) is 20.2. The summed E-state index contributed by atoms with van der Waals surface area (Å²) >= 11 is 0. The van der Waals surface area contributed by atoms with Crippen molar-refractivity contribution in [3.8, 4) is 0 Å². The van der Waals surface area contributed by atoms with Crippen LogP contribution in [0.25, 0.3) is 0 Å². The lowest BCUT2D eigenvalue weighted by Crippen LogP contribution is -2.62. The predicted molar refractivity (Wildman–Crippen MR) is 281 cm³/mol. The van der Waals surface area contributed by atoms with Gasteiger partial charge in [0.1, 0.15) is 48.3 Å². The number of guanidine groups is 1. The monoisotopic (exact) mass is 1090 g/mol. The molecule has 1 rings (SSSR count). The Morgan fingerprint density at radius 3 is 1.35 bits per heavy atom. The maximum Gasteiger partial charge on any atom is 0.326 e. The van der Waals surface area contributed by atoms with Gasteiger partial charge in [-0.2, -0.15) is 0 Å². The quantitative estimate of drug-likeness (QED) is 0.0193. The summed E-state index contributed by atoms with van der Waals surface area (Å²) in [5.74, 6) is -13.7. The molecule has 77 heavy (non-hydrogen) atoms. The number of benzene rings is 1. The van der Waals surface area contributed by atoms with Crippen LogP contribution in [0.15, 0.2) is 35.3 Å². The van der Waals surface area contributed by atoms with Crippen molar-refractivity contribution in [1.29, 1.82) is 0 Å². The lowest BCUT2D eigenvalue weighted by molar-refractivity contribution is -0.143. The minimum atomic E-state index is -1.67. The number of aliphatic carboxylic acids is 3. The fraction of sp³-hybridized carbons (Fsp3) is 0.640. The van der Waals surface area contributed by atoms with Gasteiger partial charge in [0.15, 0.2) is 5.96 Å². The van der Waals surface area contributed by atoms with Crippen LogP contribution in [0.2, 0.25) is 0 Å². The Bertz CT molecular complexity index is 2210. The Morgan fingerprint density at radius 2 is 0.883 bits per heavy atom. The molecule has 10 atom stereocenters. The number of amides is 8. The molecule has 432 valence electrons. The average molecular weight is 1090 g/mol. The lowest BCUT2D eigenvalue weighted by atomic mass is 9.98. The number of carboxylic acid groups (broad SMARTS) is 3. The summed E-state index contributed by atoms with van der Waals surface area (Å²) in [5.41, 5.74) is 17.4. The van der Waals surface area contributed by atoms with Gasteiger partial charge >= 0.3 is 17.9 Å². The van der Waals surface area contributed by atoms with Crippen LogP contribution in [-0.4, -0.2) is 159 Å². The molecule has 27 heteroatoms. The van der Waals surface area contributed by atoms with Crippen molar-refractivity contribution in [2.24, 2.45) is 45.9 Å². The second-order valence-electron chi connectivity index (χ2n) is 20.2. The molecule has 0 fully saturated rings. The molecular weight excluding hydrogens is 1010 g/mol. The third-order valence-electron chi connectivity index (χ3n) is 11.9. The number of rotatable bonds is 35. The number of aliphatic hydroxyl groups excluding tert-OH is 1. The number of hydrogen-bond donors (Lipinski definition) is 15. The molecule has 0 saturated heterocycles. The van der Waals surface area contributed by atoms with E-state index in [1.807, 2.05) is 0 Å². The molecule has 18 N–H and O–H groups in total. The average Bonchev–Trinajstić information content (AvgIpc) is 3.33. The van der Waals surface area contributed by atoms with Gasteiger partial charge in [-0.3, -0.25) is 52.9 Å². The molecule has 0 radical (unpaired) electrons. The van der Waals surface area contributed by atoms with E-state index < -0.39 is 163 Å². The Hall–Kier alpha value is -7.42. The fourth-order valence-electron chi connectivity index (χ4n) is 7.55. The lowest BCUT2D eigenvalue weighted by Gasteiger charge is -2.30. The van der Waals surface area contributed by atoms with E-state index in [1.54, 1.807) is 85.7 Å². The van der Waals surface area contributed by atoms with E-state index >= 15 is 0 Å². The van der Waals surface area contributed by atoms with Gasteiger partial charge in [-0.15, -0.1) is 0 Å². The molecule has 8 amide bonds. The van der Waals surface area contributed by atoms with Crippen molar-refractivity contribution in [2.75, 3.05) is 6.54 Å². The first-order valence-electron chi connectivity index (χ1n) is 25.5. The van der Waals surface area contributed by atoms with Crippen LogP contribution in [0, 0.1) is 23.7 Å². The topological polar surface area (TPSA) is 455 Å². The Morgan fingerprint density at radius 1 is 0.494 bits per heavy atom. The van der Waals surface area contributed by atoms with Crippen LogP contribution in [0.3, 0.4) is 0 Å². The van der Waals surface area contributed by atoms with Crippen molar-refractivity contribution >= 4 is 71.1 Å². The first-order chi connectivity index (χ1) is 35.9. The highest BCUT2D eigenvalue weighted by molar-refractivity contribution is 5.98. The third-order valence-corrected chi connectivity index (χ3v) is 11.9. The largest absolute Gasteiger partial charge is 0.481 e. The molecule has 0 bridgehead atoms. The Labute approximate surface area is 448 Å². The first kappa shape index (κ1) is 67.6. The number of hydrogen-bond acceptors (Lipinski definition) is 14. The molecule has 0 saturated carbocycles. The highest BCUT2D eigenvalue weighted by Gasteiger charge is 2.37. The number of nitrogens with one attached hydrogen (secondary N) is 8. The summed E-state index contributed by atoms with van der Waals surface area (Å²) < 4.78 is 0. The SMILES string of the molecule is CC(C)C[C@H](NC(=O)[C@@H](NC(=O)[C@H](CCCN=C(N)N)NC(=O)[C@H](CCC(=O)O)NC(=O)[C@@H](NC(=O)[C@@H](NC(=O)[C@@H](N)CCC(=O)O)C(C)C)C(C)C)C(C)C)C(=O)N[C@H](C(=O)N[C@@H](Cc1ccccc1)C(=O)O)[C@@H](C)O. The van der Waals surface area contributed by atoms with Crippen LogP contribution >= 0.6 is 0 Å². The van der Waals surface area contributed by atoms with E-state index in [4.69, 9.17) is 22.3 Å². The second kappa shape index (κ2) is 33.6. The number of aliphatic imine (C=N–C) groups is 1. The highest BCUT2D eigenvalue weighted by atomic mass is 16.4. The predicted octanol–water partition coefficient (Wildman–Crippen LogP) is -2.30. The van der Waals surface area contributed by atoms with Crippen LogP contribution in [-0.2, 0) is 59.2 Å². The van der Waals surface area contributed by atoms with Gasteiger partial charge < -0.3 is 80.2 Å². The number of carbonyl (C=O) groups is 11. The van der Waals surface area contributed by atoms with Crippen molar-refractivity contribution in [3.05, 3.63) is 35.9 Å². The zero-order valence-corrected chi connectivity index (χ0v) is 45.3. The highest BCUT2D eigenvalue weighted by Crippen LogP contribution is 2.13. The van der Waals surface area contributed by atoms with Crippen LogP contribution < -0.4 is 59.7 Å². The van der Waals surface area contributed by atoms with Crippen molar-refractivity contribution in [1.82, 2.24) is 42.5 Å². The van der Waals surface area contributed by atoms with Gasteiger partial charge in [0.25, 0.3) is 0 Å². The molecule has 0 unspecified atom stereocenters. The van der Waals surface area contributed by atoms with E-state index in [2.05, 4.69) is 47.5 Å². The molecule has 0 aliphatic rings. The molecular formula is C50H82N12O15. The minimum absolute atomic E-state index is 0.00965. The van der Waals surface area contributed by atoms with Crippen molar-refractivity contribution in [3.63, 3.8) is 0 Å². The fourth-order valence-corrected chi connectivity index (χ4v) is 7.55. The summed E-state index contributed by atoms with van der Waals surface area (Å²) in [7, 11) is 0. The number of carbonyl (C=O) groups excluding carboxylic acids is 8. The first-order valence-corrected chi connectivity index (χ1v) is 25.5. The normalized spacial score (nSPS) is 15.2. The maximum atomic E-state index is 14.2. The number of aliphatic hydroxyl groups is 1. The Balaban J connectivity index is 3.48. The van der Waals surface area contributed by atoms with Crippen molar-refractivity contribution < 1.29 is 73.2 Å². The van der Waals surface area contributed by atoms with E-state index in [9.17, 15) is 68.1 Å². The van der Waals surface area contributed by atoms with Gasteiger partial charge in [-0.05, 0) is 68.3 Å². The summed E-state index contributed by atoms with van der Waals surface area (Å²) in [5, 5.41) is 59.1. The molecule has 1 aromatic carbocycles. The summed E-state index contributed by atoms with van der Waals surface area (Å²) in [6, 6.07) is -4.47. The van der Waals surface area contributed by atoms with Gasteiger partial charge in [0.05, 0.1) is 12.1 Å². The smallest absolute Gasteiger partial charge is 0.326 e. The standard InChI is InChI=1S/C50H82N12O15/c1-24(2)22-33(44(71)62-40(28(9)63)48(75)58-34(49(76)77)23-29-14-11-10-12-15-29)57-46(73)37(25(3)4)60-43(70)31(16-13-21-54-50(52)53)55-42(69)32(18-20-36(66)67)56-45(72)38(26(5)6)61-47(74)39(27(7)8)59-41(68)30(51)17-19-35(64)65/h10-12,14-15,24-28,30-34,37-40,63H,13,16-23,51H2,1-9H3,(H,55,69)(H,56,72)(H,57,73)(H,58,75)(H,59,68)(H,60,70)(H,61,74)(H,62,71)(H,64,65)(H,66,67)(H,76,77)(H4,52,53,54)/t28-,30+,31+,32+,33+,34+,37+,38+,39+,40+/m1/s1. The van der Waals surface area contributed by atoms with Crippen LogP contribution in [0.4, 0.5) is 0 Å². The van der Waals surface area contributed by atoms with Gasteiger partial charge in [0.2, 0.25) is 47.3 Å². The molecule has 0 aromatic heterocycles. The van der Waals surface area contributed by atoms with E-state index in [1.165, 1.54) is 6.92 Å². The number of nitrogens with zero attached hydrogens (tertiary/aromatic N) is 1. The van der Waals surface area contributed by atoms with E-state index in [0.29, 0.717) is 5.56 Å². The molecule has 0 spiro atoms. The molecule has 0 heterocycles. The van der Waals surface area contributed by atoms with Crippen LogP contribution in [0.5, 0.6) is 0 Å².